The molecule has 90 valence electrons. The van der Waals surface area contributed by atoms with Crippen LogP contribution in [0.5, 0.6) is 0 Å². The zero-order chi connectivity index (χ0) is 11.9. The Morgan fingerprint density at radius 1 is 1.20 bits per heavy atom. The molecule has 0 aromatic rings. The van der Waals surface area contributed by atoms with Gasteiger partial charge in [0.1, 0.15) is 5.60 Å². The molecule has 1 aliphatic carbocycles. The van der Waals surface area contributed by atoms with Crippen LogP contribution >= 0.6 is 0 Å². The summed E-state index contributed by atoms with van der Waals surface area (Å²) in [6, 6.07) is 0. The Kier molecular flexibility index (Phi) is 6.37. The molecule has 0 atom stereocenters. The van der Waals surface area contributed by atoms with Crippen molar-refractivity contribution in [3.8, 4) is 0 Å². The second-order valence-electron chi connectivity index (χ2n) is 5.28. The first-order chi connectivity index (χ1) is 6.81. The molecule has 1 saturated carbocycles. The Balaban J connectivity index is 0.000000262. The molecule has 1 aliphatic rings. The van der Waals surface area contributed by atoms with Crippen molar-refractivity contribution in [1.29, 1.82) is 0 Å². The molecule has 0 saturated heterocycles. The predicted molar refractivity (Wildman–Crippen MR) is 62.7 cm³/mol. The van der Waals surface area contributed by atoms with Crippen LogP contribution in [0.4, 0.5) is 4.79 Å². The third kappa shape index (κ3) is 11.2. The molecular formula is C12H25NO2. The molecule has 0 radical (unpaired) electrons. The van der Waals surface area contributed by atoms with Gasteiger partial charge in [0.25, 0.3) is 0 Å². The van der Waals surface area contributed by atoms with Gasteiger partial charge in [0, 0.05) is 0 Å². The van der Waals surface area contributed by atoms with Gasteiger partial charge in [-0.3, -0.25) is 0 Å². The van der Waals surface area contributed by atoms with Crippen LogP contribution in [0.1, 0.15) is 59.8 Å². The van der Waals surface area contributed by atoms with Crippen molar-refractivity contribution in [2.24, 2.45) is 11.7 Å². The molecule has 1 rings (SSSR count). The lowest BCUT2D eigenvalue weighted by molar-refractivity contribution is 0.0600. The summed E-state index contributed by atoms with van der Waals surface area (Å²) >= 11 is 0. The number of hydrogen-bond donors (Lipinski definition) is 1. The summed E-state index contributed by atoms with van der Waals surface area (Å²) in [6.45, 7) is 7.65. The van der Waals surface area contributed by atoms with Gasteiger partial charge in [-0.15, -0.1) is 0 Å². The van der Waals surface area contributed by atoms with Crippen LogP contribution in [0.25, 0.3) is 0 Å². The molecule has 1 fully saturated rings. The highest BCUT2D eigenvalue weighted by atomic mass is 16.6. The normalized spacial score (nSPS) is 17.6. The van der Waals surface area contributed by atoms with E-state index in [9.17, 15) is 4.79 Å². The summed E-state index contributed by atoms with van der Waals surface area (Å²) in [5.74, 6) is 1.04. The second kappa shape index (κ2) is 6.70. The highest BCUT2D eigenvalue weighted by Gasteiger charge is 2.12. The Morgan fingerprint density at radius 3 is 1.80 bits per heavy atom. The molecular weight excluding hydrogens is 190 g/mol. The van der Waals surface area contributed by atoms with Gasteiger partial charge in [0.05, 0.1) is 0 Å². The lowest BCUT2D eigenvalue weighted by Gasteiger charge is -2.16. The van der Waals surface area contributed by atoms with E-state index in [1.807, 2.05) is 0 Å². The van der Waals surface area contributed by atoms with Gasteiger partial charge in [-0.05, 0) is 26.7 Å². The maximum Gasteiger partial charge on any atom is 0.405 e. The summed E-state index contributed by atoms with van der Waals surface area (Å²) in [5, 5.41) is 0. The van der Waals surface area contributed by atoms with Crippen molar-refractivity contribution in [3.63, 3.8) is 0 Å². The van der Waals surface area contributed by atoms with Gasteiger partial charge < -0.3 is 10.5 Å². The van der Waals surface area contributed by atoms with Crippen LogP contribution in [0, 0.1) is 5.92 Å². The fraction of sp³-hybridized carbons (Fsp3) is 0.917. The first-order valence-corrected chi connectivity index (χ1v) is 5.79. The number of ether oxygens (including phenoxy) is 1. The molecule has 0 spiro atoms. The summed E-state index contributed by atoms with van der Waals surface area (Å²) < 4.78 is 4.58. The number of hydrogen-bond acceptors (Lipinski definition) is 2. The van der Waals surface area contributed by atoms with Crippen LogP contribution in [0.3, 0.4) is 0 Å². The average molecular weight is 215 g/mol. The smallest absolute Gasteiger partial charge is 0.405 e. The van der Waals surface area contributed by atoms with Crippen molar-refractivity contribution < 1.29 is 9.53 Å². The Labute approximate surface area is 93.4 Å². The highest BCUT2D eigenvalue weighted by Crippen LogP contribution is 2.22. The fourth-order valence-corrected chi connectivity index (χ4v) is 1.61. The van der Waals surface area contributed by atoms with Crippen molar-refractivity contribution >= 4 is 6.09 Å². The third-order valence-electron chi connectivity index (χ3n) is 2.30. The first-order valence-electron chi connectivity index (χ1n) is 5.79. The Bertz CT molecular complexity index is 179. The molecule has 0 unspecified atom stereocenters. The lowest BCUT2D eigenvalue weighted by atomic mass is 9.91. The largest absolute Gasteiger partial charge is 0.444 e. The molecule has 2 N–H and O–H groups in total. The van der Waals surface area contributed by atoms with Crippen LogP contribution in [-0.4, -0.2) is 11.7 Å². The minimum absolute atomic E-state index is 0.453. The maximum absolute atomic E-state index is 10.0. The quantitative estimate of drug-likeness (QED) is 0.672. The van der Waals surface area contributed by atoms with E-state index in [1.54, 1.807) is 20.8 Å². The molecule has 0 heterocycles. The summed E-state index contributed by atoms with van der Waals surface area (Å²) in [7, 11) is 0. The van der Waals surface area contributed by atoms with Crippen LogP contribution in [-0.2, 0) is 4.74 Å². The van der Waals surface area contributed by atoms with E-state index in [1.165, 1.54) is 32.1 Å². The molecule has 3 nitrogen and oxygen atoms in total. The van der Waals surface area contributed by atoms with Crippen molar-refractivity contribution in [1.82, 2.24) is 0 Å². The van der Waals surface area contributed by atoms with E-state index in [2.05, 4.69) is 11.7 Å². The van der Waals surface area contributed by atoms with Crippen LogP contribution < -0.4 is 5.73 Å². The molecule has 15 heavy (non-hydrogen) atoms. The number of nitrogens with two attached hydrogens (primary N) is 1. The number of primary amides is 1. The lowest BCUT2D eigenvalue weighted by Crippen LogP contribution is -2.27. The van der Waals surface area contributed by atoms with Crippen LogP contribution in [0.15, 0.2) is 0 Å². The zero-order valence-corrected chi connectivity index (χ0v) is 10.5. The monoisotopic (exact) mass is 215 g/mol. The second-order valence-corrected chi connectivity index (χ2v) is 5.28. The predicted octanol–water partition coefficient (Wildman–Crippen LogP) is 3.47. The first kappa shape index (κ1) is 14.3. The minimum atomic E-state index is -0.725. The van der Waals surface area contributed by atoms with Gasteiger partial charge in [-0.25, -0.2) is 4.79 Å². The van der Waals surface area contributed by atoms with E-state index in [0.29, 0.717) is 0 Å². The maximum atomic E-state index is 10.0. The zero-order valence-electron chi connectivity index (χ0n) is 10.5. The van der Waals surface area contributed by atoms with E-state index in [-0.39, 0.29) is 0 Å². The van der Waals surface area contributed by atoms with E-state index >= 15 is 0 Å². The van der Waals surface area contributed by atoms with E-state index in [0.717, 1.165) is 5.92 Å². The van der Waals surface area contributed by atoms with Gasteiger partial charge in [-0.1, -0.05) is 39.0 Å². The van der Waals surface area contributed by atoms with Crippen molar-refractivity contribution in [2.75, 3.05) is 0 Å². The molecule has 0 aromatic heterocycles. The topological polar surface area (TPSA) is 52.3 Å². The third-order valence-corrected chi connectivity index (χ3v) is 2.30. The molecule has 1 amide bonds. The molecule has 3 heteroatoms. The van der Waals surface area contributed by atoms with E-state index < -0.39 is 11.7 Å². The fourth-order valence-electron chi connectivity index (χ4n) is 1.61. The van der Waals surface area contributed by atoms with E-state index in [4.69, 9.17) is 5.73 Å². The Hall–Kier alpha value is -0.730. The minimum Gasteiger partial charge on any atom is -0.444 e. The average Bonchev–Trinajstić information content (AvgIpc) is 2.01. The van der Waals surface area contributed by atoms with Crippen LogP contribution in [0.2, 0.25) is 0 Å². The summed E-state index contributed by atoms with van der Waals surface area (Å²) in [4.78, 5) is 10.0. The number of amides is 1. The number of carbonyl (C=O) groups is 1. The van der Waals surface area contributed by atoms with Gasteiger partial charge in [0.15, 0.2) is 0 Å². The summed E-state index contributed by atoms with van der Waals surface area (Å²) in [5.41, 5.74) is 4.26. The highest BCUT2D eigenvalue weighted by molar-refractivity contribution is 5.65. The molecule has 0 aliphatic heterocycles. The molecule has 0 bridgehead atoms. The number of carbonyl (C=O) groups excluding carboxylic acids is 1. The van der Waals surface area contributed by atoms with Gasteiger partial charge in [0.2, 0.25) is 0 Å². The van der Waals surface area contributed by atoms with Crippen molar-refractivity contribution in [3.05, 3.63) is 0 Å². The van der Waals surface area contributed by atoms with Gasteiger partial charge >= 0.3 is 6.09 Å². The Morgan fingerprint density at radius 2 is 1.67 bits per heavy atom. The summed E-state index contributed by atoms with van der Waals surface area (Å²) in [6.07, 6.45) is 6.71. The van der Waals surface area contributed by atoms with Crippen molar-refractivity contribution in [2.45, 2.75) is 65.4 Å². The standard InChI is InChI=1S/C7H14.C5H11NO2/c1-7-5-3-2-4-6-7;1-5(2,3)8-4(6)7/h7H,2-6H2,1H3;1-3H3,(H2,6,7). The molecule has 0 aromatic carbocycles. The number of rotatable bonds is 0. The van der Waals surface area contributed by atoms with Gasteiger partial charge in [-0.2, -0.15) is 0 Å². The SMILES string of the molecule is CC(C)(C)OC(N)=O.CC1CCCCC1.